The summed E-state index contributed by atoms with van der Waals surface area (Å²) in [5.41, 5.74) is 0.793. The summed E-state index contributed by atoms with van der Waals surface area (Å²) < 4.78 is 7.11. The molecule has 1 aliphatic heterocycles. The highest BCUT2D eigenvalue weighted by atomic mass is 16.5. The van der Waals surface area contributed by atoms with Crippen molar-refractivity contribution < 1.29 is 9.53 Å². The minimum absolute atomic E-state index is 0.00544. The van der Waals surface area contributed by atoms with Gasteiger partial charge in [0.25, 0.3) is 0 Å². The average molecular weight is 392 g/mol. The van der Waals surface area contributed by atoms with E-state index >= 15 is 0 Å². The van der Waals surface area contributed by atoms with Gasteiger partial charge in [0.1, 0.15) is 5.75 Å². The Morgan fingerprint density at radius 1 is 1.10 bits per heavy atom. The van der Waals surface area contributed by atoms with E-state index in [0.29, 0.717) is 12.4 Å². The van der Waals surface area contributed by atoms with Crippen LogP contribution in [0, 0.1) is 5.92 Å². The SMILES string of the molecule is CCOc1ccc(NC(=O)C2CCN(c3ccc(-n4cccn4)nn3)CC2)cc1. The van der Waals surface area contributed by atoms with Crippen LogP contribution in [-0.2, 0) is 4.79 Å². The third-order valence-electron chi connectivity index (χ3n) is 5.00. The number of rotatable bonds is 6. The van der Waals surface area contributed by atoms with E-state index in [-0.39, 0.29) is 11.8 Å². The van der Waals surface area contributed by atoms with Gasteiger partial charge in [-0.25, -0.2) is 4.68 Å². The number of hydrogen-bond acceptors (Lipinski definition) is 6. The molecule has 0 atom stereocenters. The first-order valence-electron chi connectivity index (χ1n) is 9.85. The van der Waals surface area contributed by atoms with E-state index in [1.807, 2.05) is 55.6 Å². The van der Waals surface area contributed by atoms with E-state index in [0.717, 1.165) is 43.2 Å². The summed E-state index contributed by atoms with van der Waals surface area (Å²) >= 11 is 0. The van der Waals surface area contributed by atoms with Gasteiger partial charge in [-0.2, -0.15) is 5.10 Å². The van der Waals surface area contributed by atoms with E-state index in [9.17, 15) is 4.79 Å². The first kappa shape index (κ1) is 18.9. The molecule has 3 aromatic rings. The molecular formula is C21H24N6O2. The van der Waals surface area contributed by atoms with Crippen molar-refractivity contribution in [2.24, 2.45) is 5.92 Å². The summed E-state index contributed by atoms with van der Waals surface area (Å²) in [4.78, 5) is 14.8. The van der Waals surface area contributed by atoms with Crippen LogP contribution in [-0.4, -0.2) is 45.6 Å². The molecule has 3 heterocycles. The summed E-state index contributed by atoms with van der Waals surface area (Å²) in [7, 11) is 0. The number of piperidine rings is 1. The Morgan fingerprint density at radius 2 is 1.83 bits per heavy atom. The predicted molar refractivity (Wildman–Crippen MR) is 110 cm³/mol. The van der Waals surface area contributed by atoms with Crippen molar-refractivity contribution in [3.8, 4) is 11.6 Å². The number of amides is 1. The van der Waals surface area contributed by atoms with Crippen molar-refractivity contribution in [3.63, 3.8) is 0 Å². The molecule has 29 heavy (non-hydrogen) atoms. The van der Waals surface area contributed by atoms with Crippen LogP contribution < -0.4 is 15.0 Å². The van der Waals surface area contributed by atoms with Crippen LogP contribution in [0.1, 0.15) is 19.8 Å². The van der Waals surface area contributed by atoms with Gasteiger partial charge in [-0.3, -0.25) is 4.79 Å². The van der Waals surface area contributed by atoms with Crippen molar-refractivity contribution in [2.75, 3.05) is 29.9 Å². The lowest BCUT2D eigenvalue weighted by Gasteiger charge is -2.31. The summed E-state index contributed by atoms with van der Waals surface area (Å²) in [6.07, 6.45) is 5.10. The molecule has 150 valence electrons. The highest BCUT2D eigenvalue weighted by Crippen LogP contribution is 2.24. The van der Waals surface area contributed by atoms with E-state index < -0.39 is 0 Å². The molecule has 1 N–H and O–H groups in total. The Balaban J connectivity index is 1.30. The monoisotopic (exact) mass is 392 g/mol. The second-order valence-electron chi connectivity index (χ2n) is 6.91. The molecule has 1 amide bonds. The summed E-state index contributed by atoms with van der Waals surface area (Å²) in [6, 6.07) is 13.2. The van der Waals surface area contributed by atoms with Gasteiger partial charge in [0.2, 0.25) is 5.91 Å². The topological polar surface area (TPSA) is 85.2 Å². The lowest BCUT2D eigenvalue weighted by molar-refractivity contribution is -0.120. The van der Waals surface area contributed by atoms with Crippen molar-refractivity contribution >= 4 is 17.4 Å². The van der Waals surface area contributed by atoms with Gasteiger partial charge < -0.3 is 15.0 Å². The third kappa shape index (κ3) is 4.53. The van der Waals surface area contributed by atoms with Gasteiger partial charge in [-0.15, -0.1) is 10.2 Å². The zero-order valence-electron chi connectivity index (χ0n) is 16.4. The number of nitrogens with one attached hydrogen (secondary N) is 1. The molecule has 1 aromatic carbocycles. The van der Waals surface area contributed by atoms with Crippen LogP contribution in [0.2, 0.25) is 0 Å². The minimum Gasteiger partial charge on any atom is -0.494 e. The molecule has 0 aliphatic carbocycles. The highest BCUT2D eigenvalue weighted by molar-refractivity contribution is 5.92. The van der Waals surface area contributed by atoms with Gasteiger partial charge in [-0.1, -0.05) is 0 Å². The number of nitrogens with zero attached hydrogens (tertiary/aromatic N) is 5. The van der Waals surface area contributed by atoms with Crippen LogP contribution >= 0.6 is 0 Å². The quantitative estimate of drug-likeness (QED) is 0.694. The standard InChI is InChI=1S/C21H24N6O2/c1-2-29-18-6-4-17(5-7-18)23-21(28)16-10-14-26(15-11-16)19-8-9-20(25-24-19)27-13-3-12-22-27/h3-9,12-13,16H,2,10-11,14-15H2,1H3,(H,23,28). The first-order chi connectivity index (χ1) is 14.2. The van der Waals surface area contributed by atoms with Crippen molar-refractivity contribution in [1.29, 1.82) is 0 Å². The van der Waals surface area contributed by atoms with Crippen LogP contribution in [0.3, 0.4) is 0 Å². The van der Waals surface area contributed by atoms with Crippen molar-refractivity contribution in [1.82, 2.24) is 20.0 Å². The van der Waals surface area contributed by atoms with Gasteiger partial charge in [0.15, 0.2) is 11.6 Å². The predicted octanol–water partition coefficient (Wildman–Crippen LogP) is 2.92. The fraction of sp³-hybridized carbons (Fsp3) is 0.333. The largest absolute Gasteiger partial charge is 0.494 e. The van der Waals surface area contributed by atoms with Gasteiger partial charge in [0.05, 0.1) is 6.61 Å². The average Bonchev–Trinajstić information content (AvgIpc) is 3.31. The van der Waals surface area contributed by atoms with Crippen molar-refractivity contribution in [2.45, 2.75) is 19.8 Å². The van der Waals surface area contributed by atoms with E-state index in [4.69, 9.17) is 4.74 Å². The molecule has 0 radical (unpaired) electrons. The fourth-order valence-corrected chi connectivity index (χ4v) is 3.43. The second-order valence-corrected chi connectivity index (χ2v) is 6.91. The van der Waals surface area contributed by atoms with E-state index in [1.54, 1.807) is 10.9 Å². The van der Waals surface area contributed by atoms with Crippen LogP contribution in [0.25, 0.3) is 5.82 Å². The maximum Gasteiger partial charge on any atom is 0.227 e. The molecular weight excluding hydrogens is 368 g/mol. The number of carbonyl (C=O) groups excluding carboxylic acids is 1. The number of aromatic nitrogens is 4. The third-order valence-corrected chi connectivity index (χ3v) is 5.00. The Kier molecular flexibility index (Phi) is 5.69. The van der Waals surface area contributed by atoms with Crippen LogP contribution in [0.5, 0.6) is 5.75 Å². The van der Waals surface area contributed by atoms with E-state index in [2.05, 4.69) is 25.5 Å². The van der Waals surface area contributed by atoms with Gasteiger partial charge >= 0.3 is 0 Å². The smallest absolute Gasteiger partial charge is 0.227 e. The second kappa shape index (κ2) is 8.72. The Hall–Kier alpha value is -3.42. The summed E-state index contributed by atoms with van der Waals surface area (Å²) in [6.45, 7) is 4.12. The molecule has 0 unspecified atom stereocenters. The number of benzene rings is 1. The van der Waals surface area contributed by atoms with E-state index in [1.165, 1.54) is 0 Å². The molecule has 0 bridgehead atoms. The molecule has 8 nitrogen and oxygen atoms in total. The number of carbonyl (C=O) groups is 1. The zero-order chi connectivity index (χ0) is 20.1. The Bertz CT molecular complexity index is 917. The maximum atomic E-state index is 12.6. The highest BCUT2D eigenvalue weighted by Gasteiger charge is 2.26. The van der Waals surface area contributed by atoms with Crippen molar-refractivity contribution in [3.05, 3.63) is 54.9 Å². The lowest BCUT2D eigenvalue weighted by Crippen LogP contribution is -2.38. The summed E-state index contributed by atoms with van der Waals surface area (Å²) in [5, 5.41) is 15.7. The van der Waals surface area contributed by atoms with Gasteiger partial charge in [0, 0.05) is 37.1 Å². The van der Waals surface area contributed by atoms with Gasteiger partial charge in [-0.05, 0) is 62.2 Å². The maximum absolute atomic E-state index is 12.6. The fourth-order valence-electron chi connectivity index (χ4n) is 3.43. The molecule has 4 rings (SSSR count). The molecule has 8 heteroatoms. The molecule has 0 spiro atoms. The Labute approximate surface area is 169 Å². The Morgan fingerprint density at radius 3 is 2.45 bits per heavy atom. The molecule has 2 aromatic heterocycles. The normalized spacial score (nSPS) is 14.6. The number of hydrogen-bond donors (Lipinski definition) is 1. The number of anilines is 2. The zero-order valence-corrected chi connectivity index (χ0v) is 16.4. The molecule has 1 saturated heterocycles. The summed E-state index contributed by atoms with van der Waals surface area (Å²) in [5.74, 6) is 2.37. The minimum atomic E-state index is -0.00544. The van der Waals surface area contributed by atoms with Crippen LogP contribution in [0.15, 0.2) is 54.9 Å². The first-order valence-corrected chi connectivity index (χ1v) is 9.85. The lowest BCUT2D eigenvalue weighted by atomic mass is 9.96. The molecule has 1 aliphatic rings. The molecule has 1 fully saturated rings. The number of ether oxygens (including phenoxy) is 1. The molecule has 0 saturated carbocycles. The van der Waals surface area contributed by atoms with Crippen LogP contribution in [0.4, 0.5) is 11.5 Å².